The average molecular weight is 440 g/mol. The number of carbonyl (C=O) groups excluding carboxylic acids is 1. The van der Waals surface area contributed by atoms with E-state index in [1.807, 2.05) is 60.7 Å². The second-order valence-electron chi connectivity index (χ2n) is 7.35. The van der Waals surface area contributed by atoms with Gasteiger partial charge in [-0.1, -0.05) is 74.5 Å². The van der Waals surface area contributed by atoms with Crippen molar-refractivity contribution >= 4 is 15.9 Å². The van der Waals surface area contributed by atoms with Crippen molar-refractivity contribution < 1.29 is 13.2 Å². The van der Waals surface area contributed by atoms with Crippen molar-refractivity contribution in [1.82, 2.24) is 14.2 Å². The van der Waals surface area contributed by atoms with Crippen LogP contribution < -0.4 is 5.32 Å². The van der Waals surface area contributed by atoms with Crippen molar-refractivity contribution in [3.05, 3.63) is 89.7 Å². The van der Waals surface area contributed by atoms with Crippen LogP contribution in [0.4, 0.5) is 0 Å². The van der Waals surface area contributed by atoms with Crippen molar-refractivity contribution in [2.45, 2.75) is 24.7 Å². The molecule has 0 saturated carbocycles. The molecule has 6 nitrogen and oxygen atoms in total. The monoisotopic (exact) mass is 439 g/mol. The van der Waals surface area contributed by atoms with Crippen molar-refractivity contribution in [3.8, 4) is 0 Å². The minimum Gasteiger partial charge on any atom is -0.350 e. The van der Waals surface area contributed by atoms with Crippen molar-refractivity contribution in [1.29, 1.82) is 0 Å². The topological polar surface area (TPSA) is 71.4 Å². The van der Waals surface area contributed by atoms with Gasteiger partial charge in [-0.3, -0.25) is 4.79 Å². The molecule has 0 aliphatic carbocycles. The van der Waals surface area contributed by atoms with Gasteiger partial charge < -0.3 is 9.88 Å². The van der Waals surface area contributed by atoms with Gasteiger partial charge in [0.1, 0.15) is 10.6 Å². The van der Waals surface area contributed by atoms with Gasteiger partial charge in [0.25, 0.3) is 5.91 Å². The van der Waals surface area contributed by atoms with Crippen LogP contribution in [-0.2, 0) is 17.1 Å². The highest BCUT2D eigenvalue weighted by atomic mass is 32.2. The predicted octanol–water partition coefficient (Wildman–Crippen LogP) is 3.62. The zero-order chi connectivity index (χ0) is 22.4. The van der Waals surface area contributed by atoms with Crippen LogP contribution in [-0.4, -0.2) is 42.8 Å². The van der Waals surface area contributed by atoms with E-state index < -0.39 is 10.0 Å². The Morgan fingerprint density at radius 2 is 1.48 bits per heavy atom. The number of nitrogens with zero attached hydrogens (tertiary/aromatic N) is 2. The van der Waals surface area contributed by atoms with E-state index in [9.17, 15) is 13.2 Å². The number of sulfonamides is 1. The van der Waals surface area contributed by atoms with Gasteiger partial charge in [0.2, 0.25) is 10.0 Å². The minimum absolute atomic E-state index is 0.00880. The molecule has 3 rings (SSSR count). The Balaban J connectivity index is 1.82. The van der Waals surface area contributed by atoms with Crippen LogP contribution >= 0.6 is 0 Å². The molecule has 1 aromatic heterocycles. The largest absolute Gasteiger partial charge is 0.350 e. The molecule has 0 saturated heterocycles. The Labute approximate surface area is 184 Å². The van der Waals surface area contributed by atoms with Gasteiger partial charge in [-0.2, -0.15) is 4.31 Å². The first-order valence-electron chi connectivity index (χ1n) is 10.4. The molecule has 3 aromatic rings. The summed E-state index contributed by atoms with van der Waals surface area (Å²) in [5.74, 6) is -0.314. The summed E-state index contributed by atoms with van der Waals surface area (Å²) in [7, 11) is -1.94. The van der Waals surface area contributed by atoms with E-state index in [4.69, 9.17) is 0 Å². The van der Waals surface area contributed by atoms with Crippen LogP contribution in [0.15, 0.2) is 77.8 Å². The fraction of sp³-hybridized carbons (Fsp3) is 0.292. The highest BCUT2D eigenvalue weighted by Gasteiger charge is 2.25. The molecule has 0 aliphatic heterocycles. The summed E-state index contributed by atoms with van der Waals surface area (Å²) in [6, 6.07) is 21.5. The summed E-state index contributed by atoms with van der Waals surface area (Å²) in [5.41, 5.74) is 2.52. The molecular weight excluding hydrogens is 410 g/mol. The fourth-order valence-electron chi connectivity index (χ4n) is 3.70. The Bertz CT molecular complexity index is 1070. The highest BCUT2D eigenvalue weighted by molar-refractivity contribution is 7.89. The number of rotatable bonds is 9. The quantitative estimate of drug-likeness (QED) is 0.554. The smallest absolute Gasteiger partial charge is 0.267 e. The molecule has 0 spiro atoms. The minimum atomic E-state index is -3.62. The lowest BCUT2D eigenvalue weighted by Crippen LogP contribution is -2.30. The summed E-state index contributed by atoms with van der Waals surface area (Å²) in [6.45, 7) is 4.75. The number of nitrogens with one attached hydrogen (secondary N) is 1. The van der Waals surface area contributed by atoms with Gasteiger partial charge in [-0.15, -0.1) is 0 Å². The maximum absolute atomic E-state index is 12.9. The summed E-state index contributed by atoms with van der Waals surface area (Å²) >= 11 is 0. The van der Waals surface area contributed by atoms with Gasteiger partial charge in [0.05, 0.1) is 0 Å². The van der Waals surface area contributed by atoms with Gasteiger partial charge in [-0.05, 0) is 17.2 Å². The van der Waals surface area contributed by atoms with Crippen molar-refractivity contribution in [2.24, 2.45) is 7.05 Å². The number of benzene rings is 2. The Morgan fingerprint density at radius 1 is 0.968 bits per heavy atom. The average Bonchev–Trinajstić information content (AvgIpc) is 3.18. The van der Waals surface area contributed by atoms with Gasteiger partial charge in [-0.25, -0.2) is 8.42 Å². The molecule has 2 aromatic carbocycles. The van der Waals surface area contributed by atoms with E-state index >= 15 is 0 Å². The van der Waals surface area contributed by atoms with Crippen LogP contribution in [0, 0.1) is 0 Å². The molecule has 0 unspecified atom stereocenters. The second kappa shape index (κ2) is 9.94. The third-order valence-electron chi connectivity index (χ3n) is 5.43. The van der Waals surface area contributed by atoms with Crippen LogP contribution in [0.1, 0.15) is 41.4 Å². The van der Waals surface area contributed by atoms with Crippen LogP contribution in [0.3, 0.4) is 0 Å². The van der Waals surface area contributed by atoms with Crippen LogP contribution in [0.25, 0.3) is 0 Å². The number of aromatic nitrogens is 1. The zero-order valence-corrected chi connectivity index (χ0v) is 19.0. The molecule has 7 heteroatoms. The molecule has 0 atom stereocenters. The first-order valence-corrected chi connectivity index (χ1v) is 11.9. The standard InChI is InChI=1S/C24H29N3O3S/c1-4-27(5-2)31(29,30)21-16-23(26(3)18-21)24(28)25-17-22(19-12-8-6-9-13-19)20-14-10-7-11-15-20/h6-16,18,22H,4-5,17H2,1-3H3,(H,25,28). The molecule has 31 heavy (non-hydrogen) atoms. The molecule has 1 amide bonds. The lowest BCUT2D eigenvalue weighted by molar-refractivity contribution is 0.0944. The maximum atomic E-state index is 12.9. The zero-order valence-electron chi connectivity index (χ0n) is 18.2. The SMILES string of the molecule is CCN(CC)S(=O)(=O)c1cc(C(=O)NCC(c2ccccc2)c2ccccc2)n(C)c1. The van der Waals surface area contributed by atoms with E-state index in [0.717, 1.165) is 11.1 Å². The van der Waals surface area contributed by atoms with Crippen LogP contribution in [0.5, 0.6) is 0 Å². The molecule has 0 radical (unpaired) electrons. The Morgan fingerprint density at radius 3 is 1.97 bits per heavy atom. The molecule has 0 aliphatic rings. The number of carbonyl (C=O) groups is 1. The molecule has 1 N–H and O–H groups in total. The lowest BCUT2D eigenvalue weighted by Gasteiger charge is -2.19. The highest BCUT2D eigenvalue weighted by Crippen LogP contribution is 2.24. The Hall–Kier alpha value is -2.90. The molecule has 0 fully saturated rings. The van der Waals surface area contributed by atoms with Crippen molar-refractivity contribution in [2.75, 3.05) is 19.6 Å². The molecule has 1 heterocycles. The third-order valence-corrected chi connectivity index (χ3v) is 7.44. The predicted molar refractivity (Wildman–Crippen MR) is 123 cm³/mol. The Kier molecular flexibility index (Phi) is 7.30. The van der Waals surface area contributed by atoms with E-state index in [-0.39, 0.29) is 16.7 Å². The number of aryl methyl sites for hydroxylation is 1. The van der Waals surface area contributed by atoms with Crippen LogP contribution in [0.2, 0.25) is 0 Å². The lowest BCUT2D eigenvalue weighted by atomic mass is 9.91. The summed E-state index contributed by atoms with van der Waals surface area (Å²) in [4.78, 5) is 13.1. The van der Waals surface area contributed by atoms with E-state index in [2.05, 4.69) is 5.32 Å². The fourth-order valence-corrected chi connectivity index (χ4v) is 5.23. The first-order chi connectivity index (χ1) is 14.9. The number of hydrogen-bond donors (Lipinski definition) is 1. The summed E-state index contributed by atoms with van der Waals surface area (Å²) in [6.07, 6.45) is 1.49. The van der Waals surface area contributed by atoms with E-state index in [0.29, 0.717) is 25.3 Å². The van der Waals surface area contributed by atoms with E-state index in [1.54, 1.807) is 25.5 Å². The van der Waals surface area contributed by atoms with Gasteiger partial charge in [0.15, 0.2) is 0 Å². The van der Waals surface area contributed by atoms with E-state index in [1.165, 1.54) is 16.6 Å². The van der Waals surface area contributed by atoms with Gasteiger partial charge >= 0.3 is 0 Å². The van der Waals surface area contributed by atoms with Gasteiger partial charge in [0, 0.05) is 38.8 Å². The normalized spacial score (nSPS) is 11.8. The molecule has 164 valence electrons. The second-order valence-corrected chi connectivity index (χ2v) is 9.28. The molecular formula is C24H29N3O3S. The number of amides is 1. The summed E-state index contributed by atoms with van der Waals surface area (Å²) in [5, 5.41) is 2.99. The van der Waals surface area contributed by atoms with Crippen molar-refractivity contribution in [3.63, 3.8) is 0 Å². The number of hydrogen-bond acceptors (Lipinski definition) is 3. The summed E-state index contributed by atoms with van der Waals surface area (Å²) < 4.78 is 28.5. The molecule has 0 bridgehead atoms. The maximum Gasteiger partial charge on any atom is 0.267 e. The third kappa shape index (κ3) is 5.06. The first kappa shape index (κ1) is 22.8.